The van der Waals surface area contributed by atoms with Crippen molar-refractivity contribution in [2.24, 2.45) is 17.3 Å². The third kappa shape index (κ3) is 2.53. The molecule has 1 aliphatic carbocycles. The molecule has 0 N–H and O–H groups in total. The van der Waals surface area contributed by atoms with Gasteiger partial charge in [0.25, 0.3) is 0 Å². The molecular formula is C15H24O4. The quantitative estimate of drug-likeness (QED) is 0.437. The number of ether oxygens (including phenoxy) is 2. The van der Waals surface area contributed by atoms with E-state index in [1.54, 1.807) is 13.8 Å². The first-order chi connectivity index (χ1) is 8.92. The van der Waals surface area contributed by atoms with E-state index in [-0.39, 0.29) is 25.0 Å². The molecule has 1 aliphatic rings. The van der Waals surface area contributed by atoms with Crippen LogP contribution in [-0.2, 0) is 19.1 Å². The molecule has 1 rings (SSSR count). The van der Waals surface area contributed by atoms with Crippen LogP contribution in [0.2, 0.25) is 0 Å². The van der Waals surface area contributed by atoms with E-state index in [0.29, 0.717) is 0 Å². The molecule has 0 aromatic heterocycles. The Morgan fingerprint density at radius 1 is 1.16 bits per heavy atom. The van der Waals surface area contributed by atoms with Crippen LogP contribution in [0.4, 0.5) is 0 Å². The standard InChI is InChI=1S/C15H24O4/c1-6-18-13(16)15(14(17)19-7-2)11(5)8-9-12(15)10(3)4/h11-12H,3,6-9H2,1-2,4-5H3/t11-,12?/m0/s1. The summed E-state index contributed by atoms with van der Waals surface area (Å²) in [6.07, 6.45) is 1.57. The first-order valence-electron chi connectivity index (χ1n) is 6.92. The van der Waals surface area contributed by atoms with E-state index >= 15 is 0 Å². The van der Waals surface area contributed by atoms with E-state index in [1.807, 2.05) is 13.8 Å². The Morgan fingerprint density at radius 2 is 1.63 bits per heavy atom. The van der Waals surface area contributed by atoms with Crippen molar-refractivity contribution in [3.63, 3.8) is 0 Å². The summed E-state index contributed by atoms with van der Waals surface area (Å²) in [6, 6.07) is 0. The highest BCUT2D eigenvalue weighted by atomic mass is 16.6. The molecule has 1 fully saturated rings. The molecule has 0 aromatic carbocycles. The third-order valence-corrected chi connectivity index (χ3v) is 4.04. The number of hydrogen-bond donors (Lipinski definition) is 0. The fraction of sp³-hybridized carbons (Fsp3) is 0.733. The molecule has 4 nitrogen and oxygen atoms in total. The summed E-state index contributed by atoms with van der Waals surface area (Å²) >= 11 is 0. The minimum atomic E-state index is -1.21. The predicted octanol–water partition coefficient (Wildman–Crippen LogP) is 2.72. The van der Waals surface area contributed by atoms with E-state index < -0.39 is 17.4 Å². The average Bonchev–Trinajstić information content (AvgIpc) is 2.68. The van der Waals surface area contributed by atoms with Crippen LogP contribution >= 0.6 is 0 Å². The van der Waals surface area contributed by atoms with Gasteiger partial charge in [0.1, 0.15) is 0 Å². The summed E-state index contributed by atoms with van der Waals surface area (Å²) in [5.74, 6) is -1.22. The second-order valence-electron chi connectivity index (χ2n) is 5.19. The highest BCUT2D eigenvalue weighted by molar-refractivity contribution is 6.01. The van der Waals surface area contributed by atoms with Crippen molar-refractivity contribution in [1.82, 2.24) is 0 Å². The molecule has 0 aliphatic heterocycles. The van der Waals surface area contributed by atoms with Gasteiger partial charge in [-0.25, -0.2) is 0 Å². The van der Waals surface area contributed by atoms with Gasteiger partial charge < -0.3 is 9.47 Å². The summed E-state index contributed by atoms with van der Waals surface area (Å²) < 4.78 is 10.3. The van der Waals surface area contributed by atoms with E-state index in [4.69, 9.17) is 9.47 Å². The minimum absolute atomic E-state index is 0.0905. The Kier molecular flexibility index (Phi) is 5.15. The van der Waals surface area contributed by atoms with Gasteiger partial charge in [0.05, 0.1) is 13.2 Å². The van der Waals surface area contributed by atoms with Crippen LogP contribution in [-0.4, -0.2) is 25.2 Å². The Hall–Kier alpha value is -1.32. The molecule has 2 atom stereocenters. The highest BCUT2D eigenvalue weighted by Gasteiger charge is 2.61. The van der Waals surface area contributed by atoms with Crippen LogP contribution in [0.1, 0.15) is 40.5 Å². The van der Waals surface area contributed by atoms with Crippen LogP contribution in [0.25, 0.3) is 0 Å². The zero-order valence-corrected chi connectivity index (χ0v) is 12.3. The van der Waals surface area contributed by atoms with E-state index in [2.05, 4.69) is 6.58 Å². The van der Waals surface area contributed by atoms with Gasteiger partial charge in [-0.2, -0.15) is 0 Å². The summed E-state index contributed by atoms with van der Waals surface area (Å²) in [5, 5.41) is 0. The van der Waals surface area contributed by atoms with Crippen molar-refractivity contribution < 1.29 is 19.1 Å². The van der Waals surface area contributed by atoms with Crippen LogP contribution in [0.15, 0.2) is 12.2 Å². The average molecular weight is 268 g/mol. The molecule has 1 saturated carbocycles. The Labute approximate surface area is 115 Å². The SMILES string of the molecule is C=C(C)C1CC[C@H](C)C1(C(=O)OCC)C(=O)OCC. The fourth-order valence-electron chi connectivity index (χ4n) is 3.12. The normalized spacial score (nSPS) is 24.8. The van der Waals surface area contributed by atoms with Crippen LogP contribution in [0.3, 0.4) is 0 Å². The fourth-order valence-corrected chi connectivity index (χ4v) is 3.12. The number of rotatable bonds is 5. The van der Waals surface area contributed by atoms with Crippen LogP contribution < -0.4 is 0 Å². The Morgan fingerprint density at radius 3 is 2.00 bits per heavy atom. The maximum absolute atomic E-state index is 12.4. The van der Waals surface area contributed by atoms with Crippen molar-refractivity contribution in [3.05, 3.63) is 12.2 Å². The molecule has 108 valence electrons. The van der Waals surface area contributed by atoms with Gasteiger partial charge >= 0.3 is 11.9 Å². The maximum Gasteiger partial charge on any atom is 0.324 e. The Bertz CT molecular complexity index is 354. The lowest BCUT2D eigenvalue weighted by Crippen LogP contribution is -2.49. The number of esters is 2. The molecule has 19 heavy (non-hydrogen) atoms. The highest BCUT2D eigenvalue weighted by Crippen LogP contribution is 2.52. The molecule has 0 aromatic rings. The minimum Gasteiger partial charge on any atom is -0.465 e. The molecular weight excluding hydrogens is 244 g/mol. The molecule has 0 heterocycles. The molecule has 4 heteroatoms. The lowest BCUT2D eigenvalue weighted by Gasteiger charge is -2.34. The first kappa shape index (κ1) is 15.7. The number of allylic oxidation sites excluding steroid dienone is 1. The second-order valence-corrected chi connectivity index (χ2v) is 5.19. The van der Waals surface area contributed by atoms with Gasteiger partial charge in [-0.05, 0) is 39.5 Å². The number of hydrogen-bond acceptors (Lipinski definition) is 4. The van der Waals surface area contributed by atoms with Gasteiger partial charge in [0.15, 0.2) is 5.41 Å². The maximum atomic E-state index is 12.4. The Balaban J connectivity index is 3.26. The first-order valence-corrected chi connectivity index (χ1v) is 6.92. The van der Waals surface area contributed by atoms with Crippen molar-refractivity contribution in [2.75, 3.05) is 13.2 Å². The van der Waals surface area contributed by atoms with Crippen molar-refractivity contribution >= 4 is 11.9 Å². The molecule has 1 unspecified atom stereocenters. The molecule has 0 bridgehead atoms. The van der Waals surface area contributed by atoms with Crippen molar-refractivity contribution in [1.29, 1.82) is 0 Å². The monoisotopic (exact) mass is 268 g/mol. The predicted molar refractivity (Wildman–Crippen MR) is 72.4 cm³/mol. The summed E-state index contributed by atoms with van der Waals surface area (Å²) in [5.41, 5.74) is -0.372. The second kappa shape index (κ2) is 6.22. The molecule has 0 amide bonds. The van der Waals surface area contributed by atoms with Gasteiger partial charge in [0, 0.05) is 5.92 Å². The van der Waals surface area contributed by atoms with Crippen LogP contribution in [0, 0.1) is 17.3 Å². The largest absolute Gasteiger partial charge is 0.465 e. The van der Waals surface area contributed by atoms with Crippen molar-refractivity contribution in [2.45, 2.75) is 40.5 Å². The lowest BCUT2D eigenvalue weighted by atomic mass is 9.70. The number of carbonyl (C=O) groups is 2. The third-order valence-electron chi connectivity index (χ3n) is 4.04. The van der Waals surface area contributed by atoms with Gasteiger partial charge in [-0.1, -0.05) is 19.1 Å². The van der Waals surface area contributed by atoms with Crippen molar-refractivity contribution in [3.8, 4) is 0 Å². The van der Waals surface area contributed by atoms with E-state index in [9.17, 15) is 9.59 Å². The molecule has 0 saturated heterocycles. The summed E-state index contributed by atoms with van der Waals surface area (Å²) in [4.78, 5) is 24.9. The summed E-state index contributed by atoms with van der Waals surface area (Å²) in [7, 11) is 0. The summed E-state index contributed by atoms with van der Waals surface area (Å²) in [6.45, 7) is 11.7. The van der Waals surface area contributed by atoms with Gasteiger partial charge in [-0.3, -0.25) is 9.59 Å². The molecule has 0 spiro atoms. The topological polar surface area (TPSA) is 52.6 Å². The van der Waals surface area contributed by atoms with E-state index in [0.717, 1.165) is 18.4 Å². The number of carbonyl (C=O) groups excluding carboxylic acids is 2. The zero-order chi connectivity index (χ0) is 14.6. The van der Waals surface area contributed by atoms with Crippen LogP contribution in [0.5, 0.6) is 0 Å². The zero-order valence-electron chi connectivity index (χ0n) is 12.3. The van der Waals surface area contributed by atoms with Gasteiger partial charge in [0.2, 0.25) is 0 Å². The smallest absolute Gasteiger partial charge is 0.324 e. The molecule has 0 radical (unpaired) electrons. The van der Waals surface area contributed by atoms with E-state index in [1.165, 1.54) is 0 Å². The lowest BCUT2D eigenvalue weighted by molar-refractivity contribution is -0.177. The van der Waals surface area contributed by atoms with Gasteiger partial charge in [-0.15, -0.1) is 0 Å².